The monoisotopic (exact) mass is 490 g/mol. The molecule has 7 nitrogen and oxygen atoms in total. The molecule has 1 aliphatic heterocycles. The number of aryl methyl sites for hydroxylation is 1. The average Bonchev–Trinajstić information content (AvgIpc) is 3.46. The minimum absolute atomic E-state index is 0.0320. The number of piperazine rings is 1. The van der Waals surface area contributed by atoms with E-state index < -0.39 is 0 Å². The lowest BCUT2D eigenvalue weighted by Crippen LogP contribution is -2.50. The van der Waals surface area contributed by atoms with Gasteiger partial charge in [0.1, 0.15) is 5.75 Å². The first kappa shape index (κ1) is 21.0. The summed E-state index contributed by atoms with van der Waals surface area (Å²) in [5, 5.41) is 6.05. The molecular weight excluding hydrogens is 468 g/mol. The third-order valence-corrected chi connectivity index (χ3v) is 6.37. The predicted octanol–water partition coefficient (Wildman–Crippen LogP) is 3.72. The molecule has 30 heavy (non-hydrogen) atoms. The molecule has 1 aliphatic rings. The normalized spacial score (nSPS) is 14.8. The van der Waals surface area contributed by atoms with E-state index in [0.717, 1.165) is 54.9 Å². The lowest BCUT2D eigenvalue weighted by molar-refractivity contribution is -0.135. The molecule has 4 rings (SSSR count). The van der Waals surface area contributed by atoms with Gasteiger partial charge in [-0.2, -0.15) is 4.98 Å². The maximum Gasteiger partial charge on any atom is 0.260 e. The molecule has 9 heteroatoms. The number of hydrogen-bond acceptors (Lipinski definition) is 7. The molecule has 0 bridgehead atoms. The van der Waals surface area contributed by atoms with Crippen LogP contribution in [0.1, 0.15) is 12.3 Å². The van der Waals surface area contributed by atoms with Crippen molar-refractivity contribution in [2.24, 2.45) is 0 Å². The van der Waals surface area contributed by atoms with Gasteiger partial charge in [0, 0.05) is 37.1 Å². The summed E-state index contributed by atoms with van der Waals surface area (Å²) in [7, 11) is 0. The minimum atomic E-state index is 0.0320. The summed E-state index contributed by atoms with van der Waals surface area (Å²) in [5.41, 5.74) is 0. The summed E-state index contributed by atoms with van der Waals surface area (Å²) < 4.78 is 11.9. The molecule has 1 amide bonds. The highest BCUT2D eigenvalue weighted by Gasteiger charge is 2.21. The van der Waals surface area contributed by atoms with Gasteiger partial charge in [0.25, 0.3) is 5.91 Å². The summed E-state index contributed by atoms with van der Waals surface area (Å²) in [4.78, 5) is 22.1. The van der Waals surface area contributed by atoms with E-state index >= 15 is 0 Å². The van der Waals surface area contributed by atoms with Gasteiger partial charge in [-0.25, -0.2) is 0 Å². The lowest BCUT2D eigenvalue weighted by atomic mass is 10.2. The Kier molecular flexibility index (Phi) is 7.14. The van der Waals surface area contributed by atoms with Crippen molar-refractivity contribution in [2.45, 2.75) is 12.8 Å². The minimum Gasteiger partial charge on any atom is -0.484 e. The fourth-order valence-corrected chi connectivity index (χ4v) is 4.22. The Morgan fingerprint density at radius 2 is 1.97 bits per heavy atom. The van der Waals surface area contributed by atoms with E-state index in [2.05, 4.69) is 31.0 Å². The van der Waals surface area contributed by atoms with E-state index in [9.17, 15) is 4.79 Å². The molecule has 3 heterocycles. The van der Waals surface area contributed by atoms with E-state index in [1.807, 2.05) is 46.7 Å². The number of nitrogens with zero attached hydrogens (tertiary/aromatic N) is 4. The van der Waals surface area contributed by atoms with Crippen molar-refractivity contribution in [1.82, 2.24) is 19.9 Å². The Bertz CT molecular complexity index is 938. The van der Waals surface area contributed by atoms with Crippen LogP contribution in [0.4, 0.5) is 0 Å². The van der Waals surface area contributed by atoms with Crippen molar-refractivity contribution in [3.05, 3.63) is 52.1 Å². The van der Waals surface area contributed by atoms with Gasteiger partial charge >= 0.3 is 0 Å². The molecule has 0 unspecified atom stereocenters. The molecule has 158 valence electrons. The van der Waals surface area contributed by atoms with E-state index in [-0.39, 0.29) is 12.5 Å². The molecule has 0 spiro atoms. The first-order chi connectivity index (χ1) is 14.7. The molecule has 0 aliphatic carbocycles. The molecule has 0 atom stereocenters. The van der Waals surface area contributed by atoms with Gasteiger partial charge < -0.3 is 14.2 Å². The quantitative estimate of drug-likeness (QED) is 0.479. The number of amides is 1. The highest BCUT2D eigenvalue weighted by atomic mass is 79.9. The Hall–Kier alpha value is -2.23. The molecular formula is C21H23BrN4O3S. The number of rotatable bonds is 8. The number of thiophene rings is 1. The average molecular weight is 491 g/mol. The fraction of sp³-hybridized carbons (Fsp3) is 0.381. The number of carbonyl (C=O) groups is 1. The van der Waals surface area contributed by atoms with Gasteiger partial charge in [0.05, 0.1) is 4.88 Å². The first-order valence-corrected chi connectivity index (χ1v) is 11.6. The van der Waals surface area contributed by atoms with Crippen LogP contribution in [0.15, 0.2) is 50.8 Å². The van der Waals surface area contributed by atoms with Gasteiger partial charge in [-0.1, -0.05) is 27.2 Å². The number of hydrogen-bond donors (Lipinski definition) is 0. The second kappa shape index (κ2) is 10.2. The Morgan fingerprint density at radius 1 is 1.17 bits per heavy atom. The third kappa shape index (κ3) is 5.68. The molecule has 0 saturated carbocycles. The molecule has 1 fully saturated rings. The Morgan fingerprint density at radius 3 is 2.70 bits per heavy atom. The second-order valence-electron chi connectivity index (χ2n) is 7.06. The highest BCUT2D eigenvalue weighted by molar-refractivity contribution is 9.10. The molecule has 3 aromatic rings. The van der Waals surface area contributed by atoms with Crippen molar-refractivity contribution < 1.29 is 14.1 Å². The lowest BCUT2D eigenvalue weighted by Gasteiger charge is -2.34. The largest absolute Gasteiger partial charge is 0.484 e. The molecule has 0 radical (unpaired) electrons. The number of halogens is 1. The van der Waals surface area contributed by atoms with Crippen LogP contribution in [0.2, 0.25) is 0 Å². The van der Waals surface area contributed by atoms with Crippen LogP contribution in [0.5, 0.6) is 5.75 Å². The zero-order chi connectivity index (χ0) is 20.8. The molecule has 1 saturated heterocycles. The Labute approximate surface area is 187 Å². The van der Waals surface area contributed by atoms with E-state index in [0.29, 0.717) is 17.5 Å². The van der Waals surface area contributed by atoms with Gasteiger partial charge in [-0.3, -0.25) is 9.69 Å². The van der Waals surface area contributed by atoms with E-state index in [4.69, 9.17) is 9.26 Å². The van der Waals surface area contributed by atoms with Crippen LogP contribution >= 0.6 is 27.3 Å². The molecule has 2 aromatic heterocycles. The van der Waals surface area contributed by atoms with Crippen LogP contribution in [0.3, 0.4) is 0 Å². The standard InChI is InChI=1S/C21H23BrN4O3S/c22-16-5-7-17(8-6-16)28-15-20(27)26-12-10-25(11-13-26)9-1-4-19-23-21(24-29-19)18-3-2-14-30-18/h2-3,5-8,14H,1,4,9-13,15H2. The summed E-state index contributed by atoms with van der Waals surface area (Å²) >= 11 is 4.99. The third-order valence-electron chi connectivity index (χ3n) is 4.98. The Balaban J connectivity index is 1.14. The van der Waals surface area contributed by atoms with Crippen LogP contribution in [-0.4, -0.2) is 65.2 Å². The summed E-state index contributed by atoms with van der Waals surface area (Å²) in [6, 6.07) is 11.5. The summed E-state index contributed by atoms with van der Waals surface area (Å²) in [6.45, 7) is 4.22. The smallest absolute Gasteiger partial charge is 0.260 e. The first-order valence-electron chi connectivity index (χ1n) is 9.92. The fourth-order valence-electron chi connectivity index (χ4n) is 3.30. The van der Waals surface area contributed by atoms with Crippen LogP contribution < -0.4 is 4.74 Å². The highest BCUT2D eigenvalue weighted by Crippen LogP contribution is 2.21. The zero-order valence-electron chi connectivity index (χ0n) is 16.5. The number of aromatic nitrogens is 2. The molecule has 1 aromatic carbocycles. The van der Waals surface area contributed by atoms with Gasteiger partial charge in [-0.05, 0) is 48.7 Å². The van der Waals surface area contributed by atoms with Gasteiger partial charge in [0.2, 0.25) is 11.7 Å². The maximum atomic E-state index is 12.4. The SMILES string of the molecule is O=C(COc1ccc(Br)cc1)N1CCN(CCCc2nc(-c3cccs3)no2)CC1. The number of benzene rings is 1. The van der Waals surface area contributed by atoms with Crippen LogP contribution in [0.25, 0.3) is 10.7 Å². The van der Waals surface area contributed by atoms with Crippen LogP contribution in [0, 0.1) is 0 Å². The maximum absolute atomic E-state index is 12.4. The van der Waals surface area contributed by atoms with E-state index in [1.165, 1.54) is 0 Å². The van der Waals surface area contributed by atoms with Crippen molar-refractivity contribution in [3.63, 3.8) is 0 Å². The van der Waals surface area contributed by atoms with Crippen molar-refractivity contribution in [3.8, 4) is 16.5 Å². The molecule has 0 N–H and O–H groups in total. The van der Waals surface area contributed by atoms with Gasteiger partial charge in [0.15, 0.2) is 6.61 Å². The summed E-state index contributed by atoms with van der Waals surface area (Å²) in [5.74, 6) is 2.08. The van der Waals surface area contributed by atoms with Crippen LogP contribution in [-0.2, 0) is 11.2 Å². The van der Waals surface area contributed by atoms with Crippen molar-refractivity contribution >= 4 is 33.2 Å². The number of carbonyl (C=O) groups excluding carboxylic acids is 1. The van der Waals surface area contributed by atoms with Crippen molar-refractivity contribution in [1.29, 1.82) is 0 Å². The number of ether oxygens (including phenoxy) is 1. The topological polar surface area (TPSA) is 71.7 Å². The van der Waals surface area contributed by atoms with Crippen molar-refractivity contribution in [2.75, 3.05) is 39.3 Å². The zero-order valence-corrected chi connectivity index (χ0v) is 18.9. The van der Waals surface area contributed by atoms with Gasteiger partial charge in [-0.15, -0.1) is 11.3 Å². The predicted molar refractivity (Wildman–Crippen MR) is 119 cm³/mol. The van der Waals surface area contributed by atoms with E-state index in [1.54, 1.807) is 11.3 Å². The summed E-state index contributed by atoms with van der Waals surface area (Å²) in [6.07, 6.45) is 1.71. The second-order valence-corrected chi connectivity index (χ2v) is 8.92.